The van der Waals surface area contributed by atoms with E-state index in [-0.39, 0.29) is 11.3 Å². The normalized spacial score (nSPS) is 10.4. The number of phenols is 1. The van der Waals surface area contributed by atoms with Crippen LogP contribution < -0.4 is 4.74 Å². The summed E-state index contributed by atoms with van der Waals surface area (Å²) in [5, 5.41) is 11.5. The van der Waals surface area contributed by atoms with Crippen LogP contribution in [0.15, 0.2) is 24.3 Å². The van der Waals surface area contributed by atoms with E-state index in [4.69, 9.17) is 9.47 Å². The molecule has 0 unspecified atom stereocenters. The van der Waals surface area contributed by atoms with Crippen LogP contribution in [0.3, 0.4) is 0 Å². The molecule has 0 radical (unpaired) electrons. The predicted octanol–water partition coefficient (Wildman–Crippen LogP) is 2.65. The molecular formula is C14H14O4. The molecule has 2 aromatic carbocycles. The van der Waals surface area contributed by atoms with Crippen LogP contribution in [0.25, 0.3) is 10.8 Å². The molecule has 0 saturated heterocycles. The number of hydrogen-bond acceptors (Lipinski definition) is 4. The number of benzene rings is 2. The van der Waals surface area contributed by atoms with Gasteiger partial charge in [0.05, 0.1) is 14.2 Å². The average molecular weight is 246 g/mol. The van der Waals surface area contributed by atoms with E-state index < -0.39 is 5.97 Å². The van der Waals surface area contributed by atoms with Gasteiger partial charge in [0.1, 0.15) is 17.1 Å². The Balaban J connectivity index is 2.81. The van der Waals surface area contributed by atoms with Crippen molar-refractivity contribution in [1.29, 1.82) is 0 Å². The van der Waals surface area contributed by atoms with Crippen molar-refractivity contribution >= 4 is 16.7 Å². The first-order chi connectivity index (χ1) is 8.58. The van der Waals surface area contributed by atoms with Crippen LogP contribution in [0.5, 0.6) is 11.5 Å². The largest absolute Gasteiger partial charge is 0.507 e. The highest BCUT2D eigenvalue weighted by Crippen LogP contribution is 2.33. The summed E-state index contributed by atoms with van der Waals surface area (Å²) in [5.74, 6) is 0.106. The Morgan fingerprint density at radius 1 is 1.22 bits per heavy atom. The molecule has 0 spiro atoms. The summed E-state index contributed by atoms with van der Waals surface area (Å²) in [6.07, 6.45) is 0. The van der Waals surface area contributed by atoms with Gasteiger partial charge in [0.2, 0.25) is 0 Å². The van der Waals surface area contributed by atoms with Crippen molar-refractivity contribution in [3.63, 3.8) is 0 Å². The third-order valence-electron chi connectivity index (χ3n) is 2.90. The Morgan fingerprint density at radius 2 is 1.94 bits per heavy atom. The fraction of sp³-hybridized carbons (Fsp3) is 0.214. The van der Waals surface area contributed by atoms with E-state index >= 15 is 0 Å². The minimum absolute atomic E-state index is 0.0421. The van der Waals surface area contributed by atoms with Crippen molar-refractivity contribution in [2.45, 2.75) is 6.92 Å². The molecule has 94 valence electrons. The molecule has 0 aliphatic heterocycles. The molecule has 18 heavy (non-hydrogen) atoms. The van der Waals surface area contributed by atoms with Crippen molar-refractivity contribution in [2.75, 3.05) is 14.2 Å². The second-order valence-corrected chi connectivity index (χ2v) is 4.00. The SMILES string of the molecule is COC(=O)c1c(O)c(C)cc2cc(OC)ccc12. The number of carbonyl (C=O) groups is 1. The first-order valence-corrected chi connectivity index (χ1v) is 5.47. The maximum absolute atomic E-state index is 11.7. The Labute approximate surface area is 105 Å². The number of hydrogen-bond donors (Lipinski definition) is 1. The Kier molecular flexibility index (Phi) is 3.10. The van der Waals surface area contributed by atoms with Crippen LogP contribution in [-0.4, -0.2) is 25.3 Å². The summed E-state index contributed by atoms with van der Waals surface area (Å²) in [7, 11) is 2.87. The first-order valence-electron chi connectivity index (χ1n) is 5.47. The van der Waals surface area contributed by atoms with Gasteiger partial charge < -0.3 is 14.6 Å². The average Bonchev–Trinajstić information content (AvgIpc) is 2.39. The quantitative estimate of drug-likeness (QED) is 0.828. The van der Waals surface area contributed by atoms with Crippen LogP contribution in [0, 0.1) is 6.92 Å². The molecule has 0 fully saturated rings. The molecule has 2 rings (SSSR count). The van der Waals surface area contributed by atoms with Crippen molar-refractivity contribution in [3.05, 3.63) is 35.4 Å². The van der Waals surface area contributed by atoms with E-state index in [1.165, 1.54) is 7.11 Å². The van der Waals surface area contributed by atoms with Gasteiger partial charge in [0.25, 0.3) is 0 Å². The van der Waals surface area contributed by atoms with Gasteiger partial charge in [-0.15, -0.1) is 0 Å². The van der Waals surface area contributed by atoms with E-state index in [1.54, 1.807) is 32.2 Å². The summed E-state index contributed by atoms with van der Waals surface area (Å²) < 4.78 is 9.85. The summed E-state index contributed by atoms with van der Waals surface area (Å²) in [6, 6.07) is 7.09. The number of methoxy groups -OCH3 is 2. The second-order valence-electron chi connectivity index (χ2n) is 4.00. The molecule has 0 aliphatic rings. The standard InChI is InChI=1S/C14H14O4/c1-8-6-9-7-10(17-2)4-5-11(9)12(13(8)15)14(16)18-3/h4-7,15H,1-3H3. The summed E-state index contributed by atoms with van der Waals surface area (Å²) >= 11 is 0. The second kappa shape index (κ2) is 4.56. The van der Waals surface area contributed by atoms with Gasteiger partial charge in [-0.05, 0) is 42.1 Å². The highest BCUT2D eigenvalue weighted by Gasteiger charge is 2.18. The number of aromatic hydroxyl groups is 1. The van der Waals surface area contributed by atoms with Crippen LogP contribution in [0.1, 0.15) is 15.9 Å². The zero-order valence-electron chi connectivity index (χ0n) is 10.5. The minimum Gasteiger partial charge on any atom is -0.507 e. The Bertz CT molecular complexity index is 617. The molecule has 2 aromatic rings. The number of carbonyl (C=O) groups excluding carboxylic acids is 1. The molecule has 0 heterocycles. The number of fused-ring (bicyclic) bond motifs is 1. The van der Waals surface area contributed by atoms with E-state index in [0.717, 1.165) is 5.39 Å². The smallest absolute Gasteiger partial charge is 0.342 e. The lowest BCUT2D eigenvalue weighted by atomic mass is 9.99. The Hall–Kier alpha value is -2.23. The van der Waals surface area contributed by atoms with Crippen LogP contribution in [0.2, 0.25) is 0 Å². The lowest BCUT2D eigenvalue weighted by Crippen LogP contribution is -2.03. The number of esters is 1. The monoisotopic (exact) mass is 246 g/mol. The van der Waals surface area contributed by atoms with E-state index in [2.05, 4.69) is 0 Å². The molecular weight excluding hydrogens is 232 g/mol. The molecule has 4 nitrogen and oxygen atoms in total. The van der Waals surface area contributed by atoms with Crippen molar-refractivity contribution in [1.82, 2.24) is 0 Å². The maximum atomic E-state index is 11.7. The number of phenolic OH excluding ortho intramolecular Hbond substituents is 1. The highest BCUT2D eigenvalue weighted by atomic mass is 16.5. The lowest BCUT2D eigenvalue weighted by Gasteiger charge is -2.11. The fourth-order valence-corrected chi connectivity index (χ4v) is 1.95. The predicted molar refractivity (Wildman–Crippen MR) is 68.2 cm³/mol. The summed E-state index contributed by atoms with van der Waals surface area (Å²) in [6.45, 7) is 1.74. The number of rotatable bonds is 2. The van der Waals surface area contributed by atoms with Crippen LogP contribution >= 0.6 is 0 Å². The zero-order valence-corrected chi connectivity index (χ0v) is 10.5. The van der Waals surface area contributed by atoms with Crippen molar-refractivity contribution in [2.24, 2.45) is 0 Å². The zero-order chi connectivity index (χ0) is 13.3. The lowest BCUT2D eigenvalue weighted by molar-refractivity contribution is 0.0599. The van der Waals surface area contributed by atoms with E-state index in [9.17, 15) is 9.90 Å². The molecule has 0 amide bonds. The van der Waals surface area contributed by atoms with Gasteiger partial charge in [0, 0.05) is 5.39 Å². The molecule has 0 saturated carbocycles. The third-order valence-corrected chi connectivity index (χ3v) is 2.90. The van der Waals surface area contributed by atoms with Crippen LogP contribution in [0.4, 0.5) is 0 Å². The molecule has 0 aromatic heterocycles. The van der Waals surface area contributed by atoms with Crippen LogP contribution in [-0.2, 0) is 4.74 Å². The molecule has 1 N–H and O–H groups in total. The molecule has 4 heteroatoms. The third kappa shape index (κ3) is 1.86. The molecule has 0 bridgehead atoms. The van der Waals surface area contributed by atoms with Gasteiger partial charge in [-0.1, -0.05) is 0 Å². The van der Waals surface area contributed by atoms with Crippen molar-refractivity contribution < 1.29 is 19.4 Å². The fourth-order valence-electron chi connectivity index (χ4n) is 1.95. The number of ether oxygens (including phenoxy) is 2. The maximum Gasteiger partial charge on any atom is 0.342 e. The summed E-state index contributed by atoms with van der Waals surface area (Å²) in [4.78, 5) is 11.7. The Morgan fingerprint density at radius 3 is 2.56 bits per heavy atom. The van der Waals surface area contributed by atoms with Gasteiger partial charge in [-0.25, -0.2) is 4.79 Å². The first kappa shape index (κ1) is 12.2. The number of aryl methyl sites for hydroxylation is 1. The summed E-state index contributed by atoms with van der Waals surface area (Å²) in [5.41, 5.74) is 0.811. The van der Waals surface area contributed by atoms with Crippen molar-refractivity contribution in [3.8, 4) is 11.5 Å². The molecule has 0 atom stereocenters. The highest BCUT2D eigenvalue weighted by molar-refractivity contribution is 6.07. The topological polar surface area (TPSA) is 55.8 Å². The van der Waals surface area contributed by atoms with Gasteiger partial charge in [-0.2, -0.15) is 0 Å². The van der Waals surface area contributed by atoms with Gasteiger partial charge in [-0.3, -0.25) is 0 Å². The van der Waals surface area contributed by atoms with Gasteiger partial charge in [0.15, 0.2) is 0 Å². The van der Waals surface area contributed by atoms with E-state index in [1.807, 2.05) is 6.07 Å². The molecule has 0 aliphatic carbocycles. The minimum atomic E-state index is -0.550. The van der Waals surface area contributed by atoms with Gasteiger partial charge >= 0.3 is 5.97 Å². The van der Waals surface area contributed by atoms with E-state index in [0.29, 0.717) is 16.7 Å².